The molecular formula is C16H16F4N2S2. The third-order valence-corrected chi connectivity index (χ3v) is 5.12. The molecule has 8 heteroatoms. The van der Waals surface area contributed by atoms with Crippen molar-refractivity contribution in [2.45, 2.75) is 18.0 Å². The molecule has 0 amide bonds. The third kappa shape index (κ3) is 4.98. The van der Waals surface area contributed by atoms with Gasteiger partial charge in [-0.2, -0.15) is 13.2 Å². The molecule has 1 heterocycles. The second-order valence-electron chi connectivity index (χ2n) is 5.28. The van der Waals surface area contributed by atoms with E-state index in [0.717, 1.165) is 4.88 Å². The molecule has 0 saturated carbocycles. The highest BCUT2D eigenvalue weighted by molar-refractivity contribution is 7.99. The Kier molecular flexibility index (Phi) is 5.92. The molecule has 0 radical (unpaired) electrons. The predicted molar refractivity (Wildman–Crippen MR) is 92.1 cm³/mol. The van der Waals surface area contributed by atoms with Gasteiger partial charge in [0.15, 0.2) is 0 Å². The predicted octanol–water partition coefficient (Wildman–Crippen LogP) is 5.49. The van der Waals surface area contributed by atoms with E-state index in [1.54, 1.807) is 25.9 Å². The van der Waals surface area contributed by atoms with Gasteiger partial charge in [-0.1, -0.05) is 6.07 Å². The van der Waals surface area contributed by atoms with Gasteiger partial charge in [0.05, 0.1) is 10.6 Å². The van der Waals surface area contributed by atoms with Crippen LogP contribution in [0.3, 0.4) is 0 Å². The number of benzene rings is 1. The van der Waals surface area contributed by atoms with E-state index in [1.807, 2.05) is 17.5 Å². The Morgan fingerprint density at radius 1 is 1.29 bits per heavy atom. The average Bonchev–Trinajstić information content (AvgIpc) is 2.97. The highest BCUT2D eigenvalue weighted by Gasteiger charge is 2.27. The van der Waals surface area contributed by atoms with E-state index in [0.29, 0.717) is 28.1 Å². The van der Waals surface area contributed by atoms with Crippen molar-refractivity contribution in [3.05, 3.63) is 45.9 Å². The minimum atomic E-state index is -4.28. The molecule has 0 unspecified atom stereocenters. The topological polar surface area (TPSA) is 15.6 Å². The molecule has 0 atom stereocenters. The van der Waals surface area contributed by atoms with Crippen molar-refractivity contribution in [3.63, 3.8) is 0 Å². The molecule has 2 rings (SSSR count). The molecule has 0 saturated heterocycles. The quantitative estimate of drug-likeness (QED) is 0.303. The van der Waals surface area contributed by atoms with Gasteiger partial charge in [0.2, 0.25) is 0 Å². The summed E-state index contributed by atoms with van der Waals surface area (Å²) in [7, 11) is 3.56. The molecule has 0 aliphatic carbocycles. The molecule has 1 aromatic heterocycles. The van der Waals surface area contributed by atoms with E-state index in [-0.39, 0.29) is 5.69 Å². The summed E-state index contributed by atoms with van der Waals surface area (Å²) in [6, 6.07) is 6.31. The lowest BCUT2D eigenvalue weighted by Gasteiger charge is -2.15. The summed E-state index contributed by atoms with van der Waals surface area (Å²) < 4.78 is 51.5. The molecule has 130 valence electrons. The maximum absolute atomic E-state index is 14.2. The average molecular weight is 376 g/mol. The Hall–Kier alpha value is -1.54. The van der Waals surface area contributed by atoms with Crippen LogP contribution in [-0.2, 0) is 0 Å². The van der Waals surface area contributed by atoms with Crippen LogP contribution < -0.4 is 0 Å². The Balaban J connectivity index is 2.40. The van der Waals surface area contributed by atoms with Crippen molar-refractivity contribution >= 4 is 34.6 Å². The normalized spacial score (nSPS) is 12.5. The SMILES string of the molecule is Cc1cc(F)c(/N=C(\c2cccs2)N(C)C)cc1SCC(F)(F)F. The van der Waals surface area contributed by atoms with E-state index in [9.17, 15) is 17.6 Å². The van der Waals surface area contributed by atoms with Crippen LogP contribution in [-0.4, -0.2) is 36.8 Å². The Bertz CT molecular complexity index is 722. The number of aliphatic imine (C=N–C) groups is 1. The standard InChI is InChI=1S/C16H16F4N2S2/c1-10-7-11(17)12(8-14(10)24-9-16(18,19)20)21-15(22(2)3)13-5-4-6-23-13/h4-8H,9H2,1-3H3/b21-15+. The minimum absolute atomic E-state index is 0.0300. The number of aryl methyl sites for hydroxylation is 1. The van der Waals surface area contributed by atoms with Crippen LogP contribution >= 0.6 is 23.1 Å². The maximum Gasteiger partial charge on any atom is 0.398 e. The van der Waals surface area contributed by atoms with E-state index >= 15 is 0 Å². The van der Waals surface area contributed by atoms with E-state index in [4.69, 9.17) is 0 Å². The number of hydrogen-bond acceptors (Lipinski definition) is 3. The van der Waals surface area contributed by atoms with Crippen molar-refractivity contribution < 1.29 is 17.6 Å². The number of thioether (sulfide) groups is 1. The number of halogens is 4. The van der Waals surface area contributed by atoms with E-state index in [1.165, 1.54) is 23.5 Å². The smallest absolute Gasteiger partial charge is 0.362 e. The second kappa shape index (κ2) is 7.57. The van der Waals surface area contributed by atoms with Crippen LogP contribution in [0.4, 0.5) is 23.2 Å². The lowest BCUT2D eigenvalue weighted by Crippen LogP contribution is -2.21. The zero-order valence-electron chi connectivity index (χ0n) is 13.3. The number of amidine groups is 1. The zero-order chi connectivity index (χ0) is 17.9. The molecular weight excluding hydrogens is 360 g/mol. The van der Waals surface area contributed by atoms with E-state index in [2.05, 4.69) is 4.99 Å². The first-order valence-electron chi connectivity index (χ1n) is 6.97. The van der Waals surface area contributed by atoms with Crippen molar-refractivity contribution in [1.29, 1.82) is 0 Å². The van der Waals surface area contributed by atoms with Crippen molar-refractivity contribution in [2.24, 2.45) is 4.99 Å². The lowest BCUT2D eigenvalue weighted by molar-refractivity contribution is -0.105. The van der Waals surface area contributed by atoms with Gasteiger partial charge in [-0.3, -0.25) is 0 Å². The molecule has 2 nitrogen and oxygen atoms in total. The molecule has 1 aromatic carbocycles. The summed E-state index contributed by atoms with van der Waals surface area (Å²) in [4.78, 5) is 7.30. The van der Waals surface area contributed by atoms with Crippen LogP contribution in [0.25, 0.3) is 0 Å². The van der Waals surface area contributed by atoms with Gasteiger partial charge < -0.3 is 4.90 Å². The number of alkyl halides is 3. The number of nitrogens with zero attached hydrogens (tertiary/aromatic N) is 2. The first-order valence-corrected chi connectivity index (χ1v) is 8.83. The fourth-order valence-electron chi connectivity index (χ4n) is 1.94. The van der Waals surface area contributed by atoms with E-state index < -0.39 is 17.7 Å². The van der Waals surface area contributed by atoms with Gasteiger partial charge in [-0.05, 0) is 36.1 Å². The van der Waals surface area contributed by atoms with Gasteiger partial charge in [0, 0.05) is 19.0 Å². The van der Waals surface area contributed by atoms with Gasteiger partial charge in [-0.15, -0.1) is 23.1 Å². The summed E-state index contributed by atoms with van der Waals surface area (Å²) in [6.45, 7) is 1.58. The summed E-state index contributed by atoms with van der Waals surface area (Å²) in [5.74, 6) is -1.02. The van der Waals surface area contributed by atoms with Gasteiger partial charge in [0.1, 0.15) is 17.3 Å². The number of thiophene rings is 1. The third-order valence-electron chi connectivity index (χ3n) is 3.03. The van der Waals surface area contributed by atoms with Gasteiger partial charge in [0.25, 0.3) is 0 Å². The molecule has 0 bridgehead atoms. The molecule has 2 aromatic rings. The largest absolute Gasteiger partial charge is 0.398 e. The fraction of sp³-hybridized carbons (Fsp3) is 0.312. The summed E-state index contributed by atoms with van der Waals surface area (Å²) in [6.07, 6.45) is -4.28. The first kappa shape index (κ1) is 18.8. The number of hydrogen-bond donors (Lipinski definition) is 0. The Morgan fingerprint density at radius 2 is 2.00 bits per heavy atom. The first-order chi connectivity index (χ1) is 11.2. The lowest BCUT2D eigenvalue weighted by atomic mass is 10.2. The molecule has 0 spiro atoms. The van der Waals surface area contributed by atoms with Gasteiger partial charge >= 0.3 is 6.18 Å². The number of rotatable bonds is 4. The van der Waals surface area contributed by atoms with Gasteiger partial charge in [-0.25, -0.2) is 9.38 Å². The van der Waals surface area contributed by atoms with Crippen molar-refractivity contribution in [2.75, 3.05) is 19.8 Å². The molecule has 0 fully saturated rings. The summed E-state index contributed by atoms with van der Waals surface area (Å²) >= 11 is 2.09. The molecule has 0 N–H and O–H groups in total. The minimum Gasteiger partial charge on any atom is -0.362 e. The summed E-state index contributed by atoms with van der Waals surface area (Å²) in [5.41, 5.74) is 0.491. The van der Waals surface area contributed by atoms with Crippen molar-refractivity contribution in [1.82, 2.24) is 4.90 Å². The zero-order valence-corrected chi connectivity index (χ0v) is 14.9. The van der Waals surface area contributed by atoms with Crippen LogP contribution in [0, 0.1) is 12.7 Å². The maximum atomic E-state index is 14.2. The summed E-state index contributed by atoms with van der Waals surface area (Å²) in [5, 5.41) is 1.88. The highest BCUT2D eigenvalue weighted by atomic mass is 32.2. The van der Waals surface area contributed by atoms with Crippen LogP contribution in [0.5, 0.6) is 0 Å². The van der Waals surface area contributed by atoms with Crippen LogP contribution in [0.1, 0.15) is 10.4 Å². The highest BCUT2D eigenvalue weighted by Crippen LogP contribution is 2.33. The Labute approximate surface area is 146 Å². The van der Waals surface area contributed by atoms with Crippen LogP contribution in [0.2, 0.25) is 0 Å². The monoisotopic (exact) mass is 376 g/mol. The second-order valence-corrected chi connectivity index (χ2v) is 7.24. The molecule has 0 aliphatic heterocycles. The van der Waals surface area contributed by atoms with Crippen molar-refractivity contribution in [3.8, 4) is 0 Å². The Morgan fingerprint density at radius 3 is 2.54 bits per heavy atom. The van der Waals surface area contributed by atoms with Crippen LogP contribution in [0.15, 0.2) is 39.5 Å². The molecule has 0 aliphatic rings. The molecule has 24 heavy (non-hydrogen) atoms. The fourth-order valence-corrected chi connectivity index (χ4v) is 3.53.